The lowest BCUT2D eigenvalue weighted by molar-refractivity contribution is -0.117. The zero-order valence-electron chi connectivity index (χ0n) is 11.6. The zero-order valence-corrected chi connectivity index (χ0v) is 13.2. The second kappa shape index (κ2) is 5.73. The Morgan fingerprint density at radius 1 is 1.23 bits per heavy atom. The molecule has 0 spiro atoms. The number of rotatable bonds is 4. The van der Waals surface area contributed by atoms with Gasteiger partial charge in [0.15, 0.2) is 0 Å². The monoisotopic (exact) mass is 339 g/mol. The van der Waals surface area contributed by atoms with Gasteiger partial charge < -0.3 is 4.90 Å². The third kappa shape index (κ3) is 3.15. The standard InChI is InChI=1S/C14H14ClN3O3S/c15-22(20,21)10-11-8-14(19)17(9-11)12-4-1-2-5-13(12)18-7-3-6-16-18/h1-7,11H,8-10H2. The quantitative estimate of drug-likeness (QED) is 0.796. The summed E-state index contributed by atoms with van der Waals surface area (Å²) in [5.74, 6) is -0.591. The first kappa shape index (κ1) is 15.1. The summed E-state index contributed by atoms with van der Waals surface area (Å²) >= 11 is 0. The minimum absolute atomic E-state index is 0.107. The van der Waals surface area contributed by atoms with Gasteiger partial charge in [-0.3, -0.25) is 4.79 Å². The lowest BCUT2D eigenvalue weighted by atomic mass is 10.1. The van der Waals surface area contributed by atoms with Crippen LogP contribution in [0.3, 0.4) is 0 Å². The van der Waals surface area contributed by atoms with Crippen molar-refractivity contribution in [1.29, 1.82) is 0 Å². The summed E-state index contributed by atoms with van der Waals surface area (Å²) in [6.07, 6.45) is 3.63. The van der Waals surface area contributed by atoms with Gasteiger partial charge in [-0.1, -0.05) is 12.1 Å². The van der Waals surface area contributed by atoms with Gasteiger partial charge in [-0.25, -0.2) is 13.1 Å². The highest BCUT2D eigenvalue weighted by atomic mass is 35.7. The van der Waals surface area contributed by atoms with Gasteiger partial charge >= 0.3 is 0 Å². The molecular formula is C14H14ClN3O3S. The number of amides is 1. The van der Waals surface area contributed by atoms with Crippen LogP contribution in [-0.4, -0.2) is 36.4 Å². The Kier molecular flexibility index (Phi) is 3.92. The lowest BCUT2D eigenvalue weighted by Gasteiger charge is -2.20. The molecule has 1 unspecified atom stereocenters. The molecule has 1 aromatic carbocycles. The zero-order chi connectivity index (χ0) is 15.7. The van der Waals surface area contributed by atoms with Crippen molar-refractivity contribution in [1.82, 2.24) is 9.78 Å². The molecule has 0 radical (unpaired) electrons. The summed E-state index contributed by atoms with van der Waals surface area (Å²) in [5.41, 5.74) is 1.49. The molecule has 22 heavy (non-hydrogen) atoms. The predicted molar refractivity (Wildman–Crippen MR) is 83.7 cm³/mol. The van der Waals surface area contributed by atoms with E-state index in [0.29, 0.717) is 12.2 Å². The van der Waals surface area contributed by atoms with Crippen molar-refractivity contribution >= 4 is 31.3 Å². The van der Waals surface area contributed by atoms with Crippen molar-refractivity contribution in [2.24, 2.45) is 5.92 Å². The fourth-order valence-electron chi connectivity index (χ4n) is 2.71. The molecule has 3 rings (SSSR count). The van der Waals surface area contributed by atoms with Gasteiger partial charge in [-0.15, -0.1) is 0 Å². The molecule has 0 aliphatic carbocycles. The van der Waals surface area contributed by atoms with Crippen LogP contribution in [0.5, 0.6) is 0 Å². The Hall–Kier alpha value is -1.86. The highest BCUT2D eigenvalue weighted by Crippen LogP contribution is 2.30. The van der Waals surface area contributed by atoms with Crippen LogP contribution < -0.4 is 4.90 Å². The number of aromatic nitrogens is 2. The molecule has 6 nitrogen and oxygen atoms in total. The van der Waals surface area contributed by atoms with E-state index in [0.717, 1.165) is 5.69 Å². The highest BCUT2D eigenvalue weighted by molar-refractivity contribution is 8.13. The van der Waals surface area contributed by atoms with Crippen LogP contribution in [0.15, 0.2) is 42.7 Å². The third-order valence-electron chi connectivity index (χ3n) is 3.56. The smallest absolute Gasteiger partial charge is 0.232 e. The summed E-state index contributed by atoms with van der Waals surface area (Å²) in [7, 11) is 1.68. The number of hydrogen-bond donors (Lipinski definition) is 0. The first-order valence-corrected chi connectivity index (χ1v) is 9.23. The molecule has 1 fully saturated rings. The van der Waals surface area contributed by atoms with E-state index >= 15 is 0 Å². The Labute approximate surface area is 132 Å². The van der Waals surface area contributed by atoms with Gasteiger partial charge in [-0.05, 0) is 18.2 Å². The van der Waals surface area contributed by atoms with Gasteiger partial charge in [0, 0.05) is 42.0 Å². The maximum Gasteiger partial charge on any atom is 0.232 e. The van der Waals surface area contributed by atoms with E-state index in [2.05, 4.69) is 5.10 Å². The molecule has 0 bridgehead atoms. The van der Waals surface area contributed by atoms with Crippen LogP contribution in [0.2, 0.25) is 0 Å². The van der Waals surface area contributed by atoms with Crippen LogP contribution >= 0.6 is 10.7 Å². The molecule has 1 aromatic heterocycles. The SMILES string of the molecule is O=C1CC(CS(=O)(=O)Cl)CN1c1ccccc1-n1cccn1. The Balaban J connectivity index is 1.91. The number of halogens is 1. The molecule has 8 heteroatoms. The molecule has 2 heterocycles. The van der Waals surface area contributed by atoms with E-state index in [1.54, 1.807) is 28.0 Å². The van der Waals surface area contributed by atoms with Crippen molar-refractivity contribution in [3.63, 3.8) is 0 Å². The van der Waals surface area contributed by atoms with Gasteiger partial charge in [0.25, 0.3) is 0 Å². The van der Waals surface area contributed by atoms with Crippen molar-refractivity contribution in [2.75, 3.05) is 17.2 Å². The van der Waals surface area contributed by atoms with Gasteiger partial charge in [0.1, 0.15) is 0 Å². The van der Waals surface area contributed by atoms with E-state index in [1.165, 1.54) is 0 Å². The first-order chi connectivity index (χ1) is 10.4. The van der Waals surface area contributed by atoms with Gasteiger partial charge in [-0.2, -0.15) is 5.10 Å². The number of hydrogen-bond acceptors (Lipinski definition) is 4. The first-order valence-electron chi connectivity index (χ1n) is 6.76. The van der Waals surface area contributed by atoms with Gasteiger partial charge in [0.05, 0.1) is 17.1 Å². The summed E-state index contributed by atoms with van der Waals surface area (Å²) in [5, 5.41) is 4.18. The average molecular weight is 340 g/mol. The van der Waals surface area contributed by atoms with Crippen molar-refractivity contribution in [3.05, 3.63) is 42.7 Å². The van der Waals surface area contributed by atoms with E-state index in [4.69, 9.17) is 10.7 Å². The van der Waals surface area contributed by atoms with Crippen LogP contribution in [0, 0.1) is 5.92 Å². The van der Waals surface area contributed by atoms with Crippen LogP contribution in [0.4, 0.5) is 5.69 Å². The Morgan fingerprint density at radius 3 is 2.59 bits per heavy atom. The fourth-order valence-corrected chi connectivity index (χ4v) is 4.03. The molecule has 1 saturated heterocycles. The van der Waals surface area contributed by atoms with Gasteiger partial charge in [0.2, 0.25) is 15.0 Å². The molecule has 1 atom stereocenters. The maximum absolute atomic E-state index is 12.3. The largest absolute Gasteiger partial charge is 0.310 e. The normalized spacial score (nSPS) is 18.9. The average Bonchev–Trinajstić information content (AvgIpc) is 3.07. The highest BCUT2D eigenvalue weighted by Gasteiger charge is 2.34. The summed E-state index contributed by atoms with van der Waals surface area (Å²) in [4.78, 5) is 13.9. The third-order valence-corrected chi connectivity index (χ3v) is 4.81. The number of benzene rings is 1. The lowest BCUT2D eigenvalue weighted by Crippen LogP contribution is -2.26. The molecule has 1 amide bonds. The van der Waals surface area contributed by atoms with Crippen molar-refractivity contribution in [3.8, 4) is 5.69 Å². The Bertz CT molecular complexity index is 789. The fraction of sp³-hybridized carbons (Fsp3) is 0.286. The summed E-state index contributed by atoms with van der Waals surface area (Å²) < 4.78 is 24.1. The van der Waals surface area contributed by atoms with E-state index < -0.39 is 9.05 Å². The topological polar surface area (TPSA) is 72.3 Å². The molecule has 1 aliphatic rings. The van der Waals surface area contributed by atoms with Crippen molar-refractivity contribution in [2.45, 2.75) is 6.42 Å². The Morgan fingerprint density at radius 2 is 1.95 bits per heavy atom. The van der Waals surface area contributed by atoms with E-state index in [-0.39, 0.29) is 24.0 Å². The number of carbonyl (C=O) groups is 1. The molecule has 2 aromatic rings. The molecule has 0 saturated carbocycles. The summed E-state index contributed by atoms with van der Waals surface area (Å²) in [6, 6.07) is 9.18. The molecular weight excluding hydrogens is 326 g/mol. The molecule has 0 N–H and O–H groups in total. The molecule has 1 aliphatic heterocycles. The van der Waals surface area contributed by atoms with Crippen LogP contribution in [-0.2, 0) is 13.8 Å². The number of carbonyl (C=O) groups excluding carboxylic acids is 1. The number of para-hydroxylation sites is 2. The van der Waals surface area contributed by atoms with Crippen molar-refractivity contribution < 1.29 is 13.2 Å². The molecule has 116 valence electrons. The second-order valence-corrected chi connectivity index (χ2v) is 8.04. The van der Waals surface area contributed by atoms with Crippen LogP contribution in [0.25, 0.3) is 5.69 Å². The minimum atomic E-state index is -3.61. The second-order valence-electron chi connectivity index (χ2n) is 5.22. The number of anilines is 1. The van der Waals surface area contributed by atoms with E-state index in [9.17, 15) is 13.2 Å². The van der Waals surface area contributed by atoms with Crippen LogP contribution in [0.1, 0.15) is 6.42 Å². The minimum Gasteiger partial charge on any atom is -0.310 e. The van der Waals surface area contributed by atoms with E-state index in [1.807, 2.05) is 24.3 Å². The number of nitrogens with zero attached hydrogens (tertiary/aromatic N) is 3. The summed E-state index contributed by atoms with van der Waals surface area (Å²) in [6.45, 7) is 0.336. The maximum atomic E-state index is 12.3. The predicted octanol–water partition coefficient (Wildman–Crippen LogP) is 1.79.